The van der Waals surface area contributed by atoms with Crippen LogP contribution in [0.2, 0.25) is 0 Å². The molecule has 3 rings (SSSR count). The van der Waals surface area contributed by atoms with Crippen LogP contribution in [0.5, 0.6) is 0 Å². The van der Waals surface area contributed by atoms with E-state index in [0.29, 0.717) is 5.56 Å². The average Bonchev–Trinajstić information content (AvgIpc) is 3.40. The van der Waals surface area contributed by atoms with Crippen molar-refractivity contribution in [2.24, 2.45) is 5.92 Å². The van der Waals surface area contributed by atoms with Gasteiger partial charge in [-0.2, -0.15) is 0 Å². The standard InChI is InChI=1S/C17H20N2O7/c1-9(20)24-15-7-14(12-5-6-18-8-13(12)19(22)23)26-16(11-3-4-11)17(15)25-10(2)21/h5-6,8,11,14-17H,3-4,7H2,1-2H3/t14-,15-,16-,17+/m1/s1. The topological polar surface area (TPSA) is 118 Å². The van der Waals surface area contributed by atoms with Gasteiger partial charge in [0.15, 0.2) is 6.10 Å². The Morgan fingerprint density at radius 2 is 1.96 bits per heavy atom. The van der Waals surface area contributed by atoms with Gasteiger partial charge in [-0.25, -0.2) is 0 Å². The fraction of sp³-hybridized carbons (Fsp3) is 0.588. The van der Waals surface area contributed by atoms with E-state index in [1.165, 1.54) is 32.3 Å². The average molecular weight is 364 g/mol. The highest BCUT2D eigenvalue weighted by atomic mass is 16.6. The second-order valence-electron chi connectivity index (χ2n) is 6.58. The summed E-state index contributed by atoms with van der Waals surface area (Å²) in [4.78, 5) is 37.6. The molecule has 2 fully saturated rings. The first-order valence-corrected chi connectivity index (χ1v) is 8.45. The number of hydrogen-bond acceptors (Lipinski definition) is 8. The van der Waals surface area contributed by atoms with Crippen LogP contribution in [-0.2, 0) is 23.8 Å². The number of nitrogens with zero attached hydrogens (tertiary/aromatic N) is 2. The van der Waals surface area contributed by atoms with E-state index < -0.39 is 41.3 Å². The molecule has 1 saturated heterocycles. The number of rotatable bonds is 5. The highest BCUT2D eigenvalue weighted by Gasteiger charge is 2.50. The lowest BCUT2D eigenvalue weighted by atomic mass is 9.91. The van der Waals surface area contributed by atoms with Gasteiger partial charge in [-0.05, 0) is 24.8 Å². The van der Waals surface area contributed by atoms with Crippen molar-refractivity contribution in [2.75, 3.05) is 0 Å². The van der Waals surface area contributed by atoms with Gasteiger partial charge in [-0.1, -0.05) is 0 Å². The maximum atomic E-state index is 11.5. The molecule has 1 aromatic rings. The van der Waals surface area contributed by atoms with E-state index in [-0.39, 0.29) is 18.0 Å². The maximum Gasteiger partial charge on any atom is 0.303 e. The van der Waals surface area contributed by atoms with Crippen LogP contribution in [0.4, 0.5) is 5.69 Å². The Morgan fingerprint density at radius 1 is 1.27 bits per heavy atom. The molecule has 4 atom stereocenters. The molecule has 140 valence electrons. The first-order chi connectivity index (χ1) is 12.4. The zero-order valence-electron chi connectivity index (χ0n) is 14.5. The Morgan fingerprint density at radius 3 is 2.54 bits per heavy atom. The fourth-order valence-electron chi connectivity index (χ4n) is 3.37. The number of carbonyl (C=O) groups is 2. The van der Waals surface area contributed by atoms with E-state index in [0.717, 1.165) is 12.8 Å². The Balaban J connectivity index is 1.93. The molecule has 1 saturated carbocycles. The second kappa shape index (κ2) is 7.36. The van der Waals surface area contributed by atoms with Crippen LogP contribution in [0, 0.1) is 16.0 Å². The Hall–Kier alpha value is -2.55. The van der Waals surface area contributed by atoms with Gasteiger partial charge in [0.1, 0.15) is 18.4 Å². The number of esters is 2. The van der Waals surface area contributed by atoms with Gasteiger partial charge in [0.25, 0.3) is 5.69 Å². The Bertz CT molecular complexity index is 719. The number of ether oxygens (including phenoxy) is 3. The third-order valence-electron chi connectivity index (χ3n) is 4.54. The number of carbonyl (C=O) groups excluding carboxylic acids is 2. The van der Waals surface area contributed by atoms with Gasteiger partial charge < -0.3 is 14.2 Å². The van der Waals surface area contributed by atoms with E-state index in [2.05, 4.69) is 4.98 Å². The highest BCUT2D eigenvalue weighted by Crippen LogP contribution is 2.46. The normalized spacial score (nSPS) is 28.2. The molecule has 0 aromatic carbocycles. The van der Waals surface area contributed by atoms with Crippen molar-refractivity contribution in [3.05, 3.63) is 34.1 Å². The van der Waals surface area contributed by atoms with Crippen LogP contribution < -0.4 is 0 Å². The molecular weight excluding hydrogens is 344 g/mol. The third-order valence-corrected chi connectivity index (χ3v) is 4.54. The van der Waals surface area contributed by atoms with Crippen LogP contribution in [0.1, 0.15) is 44.8 Å². The summed E-state index contributed by atoms with van der Waals surface area (Å²) in [5, 5.41) is 11.3. The van der Waals surface area contributed by atoms with Crippen molar-refractivity contribution < 1.29 is 28.7 Å². The predicted molar refractivity (Wildman–Crippen MR) is 87.0 cm³/mol. The van der Waals surface area contributed by atoms with E-state index >= 15 is 0 Å². The van der Waals surface area contributed by atoms with Gasteiger partial charge in [0.05, 0.1) is 16.6 Å². The van der Waals surface area contributed by atoms with Crippen molar-refractivity contribution in [1.82, 2.24) is 4.98 Å². The first-order valence-electron chi connectivity index (χ1n) is 8.45. The molecule has 2 heterocycles. The lowest BCUT2D eigenvalue weighted by Gasteiger charge is -2.40. The molecule has 0 unspecified atom stereocenters. The summed E-state index contributed by atoms with van der Waals surface area (Å²) in [6.45, 7) is 2.56. The molecule has 0 N–H and O–H groups in total. The molecule has 0 amide bonds. The van der Waals surface area contributed by atoms with E-state index in [1.807, 2.05) is 0 Å². The Labute approximate surface area is 149 Å². The second-order valence-corrected chi connectivity index (χ2v) is 6.58. The zero-order valence-corrected chi connectivity index (χ0v) is 14.5. The van der Waals surface area contributed by atoms with Gasteiger partial charge in [-0.3, -0.25) is 24.7 Å². The number of nitro groups is 1. The minimum absolute atomic E-state index is 0.153. The number of aromatic nitrogens is 1. The largest absolute Gasteiger partial charge is 0.458 e. The zero-order chi connectivity index (χ0) is 18.8. The monoisotopic (exact) mass is 364 g/mol. The summed E-state index contributed by atoms with van der Waals surface area (Å²) < 4.78 is 16.9. The summed E-state index contributed by atoms with van der Waals surface area (Å²) in [6, 6.07) is 1.53. The molecular formula is C17H20N2O7. The third kappa shape index (κ3) is 3.98. The molecule has 1 aliphatic heterocycles. The highest BCUT2D eigenvalue weighted by molar-refractivity contribution is 5.67. The smallest absolute Gasteiger partial charge is 0.303 e. The molecule has 0 bridgehead atoms. The van der Waals surface area contributed by atoms with Crippen LogP contribution in [-0.4, -0.2) is 40.2 Å². The number of pyridine rings is 1. The van der Waals surface area contributed by atoms with Crippen molar-refractivity contribution >= 4 is 17.6 Å². The molecule has 2 aliphatic rings. The van der Waals surface area contributed by atoms with E-state index in [9.17, 15) is 19.7 Å². The summed E-state index contributed by atoms with van der Waals surface area (Å²) >= 11 is 0. The van der Waals surface area contributed by atoms with E-state index in [4.69, 9.17) is 14.2 Å². The summed E-state index contributed by atoms with van der Waals surface area (Å²) in [5.74, 6) is -0.831. The maximum absolute atomic E-state index is 11.5. The van der Waals surface area contributed by atoms with Crippen LogP contribution in [0.3, 0.4) is 0 Å². The van der Waals surface area contributed by atoms with E-state index in [1.54, 1.807) is 0 Å². The van der Waals surface area contributed by atoms with Gasteiger partial charge in [0.2, 0.25) is 0 Å². The van der Waals surface area contributed by atoms with Gasteiger partial charge in [-0.15, -0.1) is 0 Å². The van der Waals surface area contributed by atoms with Crippen molar-refractivity contribution in [3.8, 4) is 0 Å². The van der Waals surface area contributed by atoms with Gasteiger partial charge in [0, 0.05) is 26.5 Å². The van der Waals surface area contributed by atoms with Crippen LogP contribution in [0.25, 0.3) is 0 Å². The molecule has 0 radical (unpaired) electrons. The fourth-order valence-corrected chi connectivity index (χ4v) is 3.37. The first kappa shape index (κ1) is 18.2. The lowest BCUT2D eigenvalue weighted by molar-refractivity contribution is -0.386. The summed E-state index contributed by atoms with van der Waals surface area (Å²) in [5.41, 5.74) is 0.216. The van der Waals surface area contributed by atoms with Crippen molar-refractivity contribution in [3.63, 3.8) is 0 Å². The molecule has 9 heteroatoms. The SMILES string of the molecule is CC(=O)O[C@@H]1[C@@H](C2CC2)O[C@@H](c2ccncc2[N+](=O)[O-])C[C@H]1OC(C)=O. The van der Waals surface area contributed by atoms with Crippen LogP contribution in [0.15, 0.2) is 18.5 Å². The summed E-state index contributed by atoms with van der Waals surface area (Å²) in [7, 11) is 0. The molecule has 9 nitrogen and oxygen atoms in total. The lowest BCUT2D eigenvalue weighted by Crippen LogP contribution is -2.50. The predicted octanol–water partition coefficient (Wildman–Crippen LogP) is 2.09. The molecule has 0 spiro atoms. The molecule has 1 aliphatic carbocycles. The quantitative estimate of drug-likeness (QED) is 0.443. The van der Waals surface area contributed by atoms with Gasteiger partial charge >= 0.3 is 11.9 Å². The van der Waals surface area contributed by atoms with Crippen LogP contribution >= 0.6 is 0 Å². The molecule has 1 aromatic heterocycles. The summed E-state index contributed by atoms with van der Waals surface area (Å²) in [6.07, 6.45) is 2.01. The Kier molecular flexibility index (Phi) is 5.17. The minimum Gasteiger partial charge on any atom is -0.458 e. The minimum atomic E-state index is -0.728. The molecule has 26 heavy (non-hydrogen) atoms. The van der Waals surface area contributed by atoms with Crippen molar-refractivity contribution in [1.29, 1.82) is 0 Å². The van der Waals surface area contributed by atoms with Crippen molar-refractivity contribution in [2.45, 2.75) is 57.5 Å². The number of hydrogen-bond donors (Lipinski definition) is 0.